The van der Waals surface area contributed by atoms with Gasteiger partial charge < -0.3 is 19.3 Å². The monoisotopic (exact) mass is 290 g/mol. The Kier molecular flexibility index (Phi) is 4.66. The Balaban J connectivity index is 1.89. The van der Waals surface area contributed by atoms with Gasteiger partial charge in [-0.05, 0) is 29.7 Å². The van der Waals surface area contributed by atoms with Gasteiger partial charge in [0.05, 0.1) is 26.4 Å². The standard InChI is InChI=1S/C17H26N2O2/c1-14(2)15-11-16(18-3-7-20-8-4-18)13-17(12-15)19-5-9-21-10-6-19/h11-14H,3-10H2,1-2H3. The van der Waals surface area contributed by atoms with Crippen molar-refractivity contribution in [1.29, 1.82) is 0 Å². The van der Waals surface area contributed by atoms with Crippen molar-refractivity contribution in [3.63, 3.8) is 0 Å². The molecule has 2 fully saturated rings. The molecule has 3 rings (SSSR count). The summed E-state index contributed by atoms with van der Waals surface area (Å²) in [7, 11) is 0. The fraction of sp³-hybridized carbons (Fsp3) is 0.647. The largest absolute Gasteiger partial charge is 0.378 e. The Labute approximate surface area is 127 Å². The van der Waals surface area contributed by atoms with E-state index >= 15 is 0 Å². The molecule has 2 aliphatic heterocycles. The minimum atomic E-state index is 0.547. The highest BCUT2D eigenvalue weighted by Crippen LogP contribution is 2.30. The molecule has 2 aliphatic rings. The third kappa shape index (κ3) is 3.50. The molecule has 4 nitrogen and oxygen atoms in total. The highest BCUT2D eigenvalue weighted by Gasteiger charge is 2.17. The first-order chi connectivity index (χ1) is 10.2. The number of anilines is 2. The molecule has 0 spiro atoms. The molecule has 1 aromatic rings. The molecule has 0 bridgehead atoms. The van der Waals surface area contributed by atoms with Crippen LogP contribution in [0.3, 0.4) is 0 Å². The van der Waals surface area contributed by atoms with Gasteiger partial charge in [-0.3, -0.25) is 0 Å². The van der Waals surface area contributed by atoms with Crippen molar-refractivity contribution in [3.8, 4) is 0 Å². The van der Waals surface area contributed by atoms with E-state index in [0.717, 1.165) is 52.6 Å². The Morgan fingerprint density at radius 3 is 1.57 bits per heavy atom. The predicted molar refractivity (Wildman–Crippen MR) is 86.6 cm³/mol. The van der Waals surface area contributed by atoms with Gasteiger partial charge in [-0.25, -0.2) is 0 Å². The van der Waals surface area contributed by atoms with Crippen LogP contribution in [0.15, 0.2) is 18.2 Å². The number of nitrogens with zero attached hydrogens (tertiary/aromatic N) is 2. The average Bonchev–Trinajstić information content (AvgIpc) is 2.56. The van der Waals surface area contributed by atoms with Gasteiger partial charge in [0.25, 0.3) is 0 Å². The van der Waals surface area contributed by atoms with Crippen molar-refractivity contribution in [1.82, 2.24) is 0 Å². The molecule has 2 heterocycles. The van der Waals surface area contributed by atoms with Gasteiger partial charge in [0, 0.05) is 37.6 Å². The maximum Gasteiger partial charge on any atom is 0.0642 e. The van der Waals surface area contributed by atoms with Crippen LogP contribution in [0.1, 0.15) is 25.3 Å². The minimum Gasteiger partial charge on any atom is -0.378 e. The van der Waals surface area contributed by atoms with E-state index in [1.165, 1.54) is 16.9 Å². The summed E-state index contributed by atoms with van der Waals surface area (Å²) in [5.41, 5.74) is 4.09. The second kappa shape index (κ2) is 6.67. The van der Waals surface area contributed by atoms with E-state index in [4.69, 9.17) is 9.47 Å². The summed E-state index contributed by atoms with van der Waals surface area (Å²) in [5.74, 6) is 0.547. The molecule has 0 N–H and O–H groups in total. The summed E-state index contributed by atoms with van der Waals surface area (Å²) >= 11 is 0. The number of hydrogen-bond acceptors (Lipinski definition) is 4. The molecule has 116 valence electrons. The molecule has 2 saturated heterocycles. The third-order valence-electron chi connectivity index (χ3n) is 4.34. The molecule has 0 aromatic heterocycles. The highest BCUT2D eigenvalue weighted by molar-refractivity contribution is 5.62. The predicted octanol–water partition coefficient (Wildman–Crippen LogP) is 2.48. The topological polar surface area (TPSA) is 24.9 Å². The summed E-state index contributed by atoms with van der Waals surface area (Å²) < 4.78 is 11.0. The van der Waals surface area contributed by atoms with Gasteiger partial charge in [0.15, 0.2) is 0 Å². The first-order valence-electron chi connectivity index (χ1n) is 8.04. The summed E-state index contributed by atoms with van der Waals surface area (Å²) in [6, 6.07) is 7.03. The fourth-order valence-corrected chi connectivity index (χ4v) is 2.96. The van der Waals surface area contributed by atoms with Crippen molar-refractivity contribution in [2.24, 2.45) is 0 Å². The molecule has 0 amide bonds. The highest BCUT2D eigenvalue weighted by atomic mass is 16.5. The maximum atomic E-state index is 5.48. The molecule has 1 aromatic carbocycles. The van der Waals surface area contributed by atoms with Gasteiger partial charge in [0.1, 0.15) is 0 Å². The van der Waals surface area contributed by atoms with E-state index in [-0.39, 0.29) is 0 Å². The first-order valence-corrected chi connectivity index (χ1v) is 8.04. The SMILES string of the molecule is CC(C)c1cc(N2CCOCC2)cc(N2CCOCC2)c1. The Bertz CT molecular complexity index is 428. The Morgan fingerprint density at radius 2 is 1.19 bits per heavy atom. The van der Waals surface area contributed by atoms with Crippen molar-refractivity contribution in [2.45, 2.75) is 19.8 Å². The normalized spacial score (nSPS) is 20.1. The van der Waals surface area contributed by atoms with E-state index in [1.807, 2.05) is 0 Å². The first kappa shape index (κ1) is 14.7. The molecule has 21 heavy (non-hydrogen) atoms. The molecule has 4 heteroatoms. The lowest BCUT2D eigenvalue weighted by Gasteiger charge is -2.33. The zero-order valence-corrected chi connectivity index (χ0v) is 13.2. The Hall–Kier alpha value is -1.26. The van der Waals surface area contributed by atoms with Crippen molar-refractivity contribution in [2.75, 3.05) is 62.4 Å². The molecule has 0 saturated carbocycles. The summed E-state index contributed by atoms with van der Waals surface area (Å²) in [6.07, 6.45) is 0. The van der Waals surface area contributed by atoms with Crippen LogP contribution in [0, 0.1) is 0 Å². The molecular weight excluding hydrogens is 264 g/mol. The molecule has 0 radical (unpaired) electrons. The lowest BCUT2D eigenvalue weighted by atomic mass is 10.0. The second-order valence-electron chi connectivity index (χ2n) is 6.14. The zero-order chi connectivity index (χ0) is 14.7. The number of hydrogen-bond donors (Lipinski definition) is 0. The van der Waals surface area contributed by atoms with Gasteiger partial charge in [-0.2, -0.15) is 0 Å². The lowest BCUT2D eigenvalue weighted by molar-refractivity contribution is 0.122. The number of morpholine rings is 2. The Morgan fingerprint density at radius 1 is 0.762 bits per heavy atom. The van der Waals surface area contributed by atoms with Gasteiger partial charge in [-0.1, -0.05) is 13.8 Å². The van der Waals surface area contributed by atoms with Crippen molar-refractivity contribution < 1.29 is 9.47 Å². The summed E-state index contributed by atoms with van der Waals surface area (Å²) in [4.78, 5) is 4.89. The maximum absolute atomic E-state index is 5.48. The fourth-order valence-electron chi connectivity index (χ4n) is 2.96. The molecule has 0 aliphatic carbocycles. The molecule has 0 unspecified atom stereocenters. The number of ether oxygens (including phenoxy) is 2. The summed E-state index contributed by atoms with van der Waals surface area (Å²) in [5, 5.41) is 0. The van der Waals surface area contributed by atoms with Crippen LogP contribution in [0.4, 0.5) is 11.4 Å². The number of rotatable bonds is 3. The quantitative estimate of drug-likeness (QED) is 0.854. The zero-order valence-electron chi connectivity index (χ0n) is 13.2. The van der Waals surface area contributed by atoms with E-state index in [0.29, 0.717) is 5.92 Å². The van der Waals surface area contributed by atoms with E-state index in [1.54, 1.807) is 0 Å². The lowest BCUT2D eigenvalue weighted by Crippen LogP contribution is -2.38. The average molecular weight is 290 g/mol. The van der Waals surface area contributed by atoms with E-state index in [9.17, 15) is 0 Å². The van der Waals surface area contributed by atoms with Crippen LogP contribution in [-0.2, 0) is 9.47 Å². The number of benzene rings is 1. The van der Waals surface area contributed by atoms with E-state index < -0.39 is 0 Å². The van der Waals surface area contributed by atoms with Crippen LogP contribution in [0.5, 0.6) is 0 Å². The van der Waals surface area contributed by atoms with Gasteiger partial charge >= 0.3 is 0 Å². The van der Waals surface area contributed by atoms with Gasteiger partial charge in [0.2, 0.25) is 0 Å². The van der Waals surface area contributed by atoms with Crippen LogP contribution >= 0.6 is 0 Å². The van der Waals surface area contributed by atoms with E-state index in [2.05, 4.69) is 41.8 Å². The van der Waals surface area contributed by atoms with Crippen LogP contribution in [0.2, 0.25) is 0 Å². The third-order valence-corrected chi connectivity index (χ3v) is 4.34. The molecular formula is C17H26N2O2. The summed E-state index contributed by atoms with van der Waals surface area (Å²) in [6.45, 7) is 11.8. The van der Waals surface area contributed by atoms with Crippen LogP contribution in [0.25, 0.3) is 0 Å². The smallest absolute Gasteiger partial charge is 0.0642 e. The minimum absolute atomic E-state index is 0.547. The van der Waals surface area contributed by atoms with Crippen molar-refractivity contribution >= 4 is 11.4 Å². The van der Waals surface area contributed by atoms with Crippen molar-refractivity contribution in [3.05, 3.63) is 23.8 Å². The molecule has 0 atom stereocenters. The van der Waals surface area contributed by atoms with Crippen LogP contribution in [-0.4, -0.2) is 52.6 Å². The second-order valence-corrected chi connectivity index (χ2v) is 6.14. The van der Waals surface area contributed by atoms with Gasteiger partial charge in [-0.15, -0.1) is 0 Å². The van der Waals surface area contributed by atoms with Crippen LogP contribution < -0.4 is 9.80 Å².